The van der Waals surface area contributed by atoms with E-state index in [1.54, 1.807) is 4.90 Å². The van der Waals surface area contributed by atoms with Crippen LogP contribution in [0.5, 0.6) is 0 Å². The summed E-state index contributed by atoms with van der Waals surface area (Å²) in [4.78, 5) is 21.6. The van der Waals surface area contributed by atoms with Crippen molar-refractivity contribution >= 4 is 17.4 Å². The van der Waals surface area contributed by atoms with Crippen molar-refractivity contribution < 1.29 is 4.79 Å². The predicted molar refractivity (Wildman–Crippen MR) is 111 cm³/mol. The van der Waals surface area contributed by atoms with Crippen molar-refractivity contribution in [2.45, 2.75) is 33.0 Å². The van der Waals surface area contributed by atoms with E-state index in [2.05, 4.69) is 33.6 Å². The molecule has 5 heterocycles. The van der Waals surface area contributed by atoms with Gasteiger partial charge < -0.3 is 15.5 Å². The van der Waals surface area contributed by atoms with Gasteiger partial charge in [-0.3, -0.25) is 4.90 Å². The summed E-state index contributed by atoms with van der Waals surface area (Å²) < 4.78 is 1.91. The fourth-order valence-corrected chi connectivity index (χ4v) is 4.19. The summed E-state index contributed by atoms with van der Waals surface area (Å²) in [7, 11) is 0. The highest BCUT2D eigenvalue weighted by Gasteiger charge is 2.30. The molecule has 0 aliphatic carbocycles. The van der Waals surface area contributed by atoms with Crippen LogP contribution in [0.25, 0.3) is 5.52 Å². The van der Waals surface area contributed by atoms with Crippen molar-refractivity contribution in [2.24, 2.45) is 4.99 Å². The van der Waals surface area contributed by atoms with E-state index < -0.39 is 6.17 Å². The zero-order valence-corrected chi connectivity index (χ0v) is 16.9. The van der Waals surface area contributed by atoms with E-state index in [0.717, 1.165) is 47.8 Å². The van der Waals surface area contributed by atoms with Crippen LogP contribution in [0.2, 0.25) is 0 Å². The first-order valence-electron chi connectivity index (χ1n) is 10.0. The number of rotatable bonds is 2. The van der Waals surface area contributed by atoms with Crippen LogP contribution in [-0.2, 0) is 0 Å². The number of hydrogen-bond donors (Lipinski definition) is 2. The van der Waals surface area contributed by atoms with E-state index >= 15 is 0 Å². The number of amides is 2. The Bertz CT molecular complexity index is 1080. The summed E-state index contributed by atoms with van der Waals surface area (Å²) in [5.41, 5.74) is 4.97. The van der Waals surface area contributed by atoms with E-state index in [0.29, 0.717) is 11.9 Å². The molecule has 2 N–H and O–H groups in total. The second-order valence-electron chi connectivity index (χ2n) is 7.95. The van der Waals surface area contributed by atoms with Crippen LogP contribution in [0.3, 0.4) is 0 Å². The van der Waals surface area contributed by atoms with E-state index in [1.807, 2.05) is 48.8 Å². The molecule has 0 radical (unpaired) electrons. The smallest absolute Gasteiger partial charge is 0.329 e. The van der Waals surface area contributed by atoms with Crippen molar-refractivity contribution in [3.05, 3.63) is 59.2 Å². The Hall–Kier alpha value is -3.13. The monoisotopic (exact) mass is 391 g/mol. The Balaban J connectivity index is 1.44. The van der Waals surface area contributed by atoms with Gasteiger partial charge in [-0.1, -0.05) is 0 Å². The number of carbonyl (C=O) groups is 1. The number of piperazine rings is 1. The Kier molecular flexibility index (Phi) is 4.16. The van der Waals surface area contributed by atoms with Crippen LogP contribution in [0, 0.1) is 13.8 Å². The van der Waals surface area contributed by atoms with E-state index in [9.17, 15) is 4.79 Å². The SMILES string of the molecule is Cc1cc2cc(C3N=C4C=CC(N5CCNC(C)C5)=CN4C(=O)N3)cc(C)n2n1. The fraction of sp³-hybridized carbons (Fsp3) is 0.381. The van der Waals surface area contributed by atoms with Gasteiger partial charge in [0.25, 0.3) is 0 Å². The summed E-state index contributed by atoms with van der Waals surface area (Å²) >= 11 is 0. The first kappa shape index (κ1) is 17.9. The molecular weight excluding hydrogens is 366 g/mol. The van der Waals surface area contributed by atoms with E-state index in [1.165, 1.54) is 0 Å². The highest BCUT2D eigenvalue weighted by Crippen LogP contribution is 2.26. The molecule has 2 aromatic heterocycles. The molecule has 3 aliphatic rings. The first-order valence-corrected chi connectivity index (χ1v) is 10.0. The number of allylic oxidation sites excluding steroid dienone is 1. The van der Waals surface area contributed by atoms with Crippen molar-refractivity contribution in [1.82, 2.24) is 30.0 Å². The van der Waals surface area contributed by atoms with Gasteiger partial charge in [-0.25, -0.2) is 14.3 Å². The molecule has 2 aromatic rings. The molecule has 0 saturated carbocycles. The Morgan fingerprint density at radius 3 is 2.86 bits per heavy atom. The topological polar surface area (TPSA) is 77.3 Å². The molecule has 2 atom stereocenters. The van der Waals surface area contributed by atoms with Gasteiger partial charge in [0.15, 0.2) is 6.17 Å². The lowest BCUT2D eigenvalue weighted by atomic mass is 10.1. The number of aryl methyl sites for hydroxylation is 2. The molecule has 5 rings (SSSR count). The van der Waals surface area contributed by atoms with Crippen LogP contribution >= 0.6 is 0 Å². The minimum Gasteiger partial charge on any atom is -0.368 e. The summed E-state index contributed by atoms with van der Waals surface area (Å²) in [5, 5.41) is 11.0. The molecule has 0 spiro atoms. The number of pyridine rings is 1. The number of carbonyl (C=O) groups excluding carboxylic acids is 1. The number of hydrogen-bond acceptors (Lipinski definition) is 5. The molecule has 8 heteroatoms. The van der Waals surface area contributed by atoms with Gasteiger partial charge in [-0.2, -0.15) is 5.10 Å². The number of aromatic nitrogens is 2. The van der Waals surface area contributed by atoms with Gasteiger partial charge in [0, 0.05) is 43.1 Å². The maximum Gasteiger partial charge on any atom is 0.329 e. The third-order valence-electron chi connectivity index (χ3n) is 5.58. The largest absolute Gasteiger partial charge is 0.368 e. The number of aliphatic imine (C=N–C) groups is 1. The lowest BCUT2D eigenvalue weighted by Crippen LogP contribution is -2.51. The maximum atomic E-state index is 12.9. The quantitative estimate of drug-likeness (QED) is 0.822. The number of amidine groups is 1. The van der Waals surface area contributed by atoms with Crippen molar-refractivity contribution in [1.29, 1.82) is 0 Å². The molecule has 1 saturated heterocycles. The van der Waals surface area contributed by atoms with Crippen molar-refractivity contribution in [3.8, 4) is 0 Å². The van der Waals surface area contributed by atoms with Gasteiger partial charge in [-0.15, -0.1) is 0 Å². The molecule has 8 nitrogen and oxygen atoms in total. The molecule has 150 valence electrons. The van der Waals surface area contributed by atoms with Crippen LogP contribution in [-0.4, -0.2) is 57.0 Å². The molecule has 2 unspecified atom stereocenters. The third kappa shape index (κ3) is 3.19. The van der Waals surface area contributed by atoms with Crippen LogP contribution < -0.4 is 10.6 Å². The minimum absolute atomic E-state index is 0.160. The molecule has 0 aromatic carbocycles. The second kappa shape index (κ2) is 6.73. The predicted octanol–water partition coefficient (Wildman–Crippen LogP) is 2.08. The van der Waals surface area contributed by atoms with Crippen LogP contribution in [0.15, 0.2) is 47.2 Å². The summed E-state index contributed by atoms with van der Waals surface area (Å²) in [5.74, 6) is 0.660. The normalized spacial score (nSPS) is 24.3. The Morgan fingerprint density at radius 1 is 1.17 bits per heavy atom. The highest BCUT2D eigenvalue weighted by molar-refractivity contribution is 6.07. The number of fused-ring (bicyclic) bond motifs is 2. The van der Waals surface area contributed by atoms with Gasteiger partial charge in [-0.05, 0) is 51.1 Å². The molecular formula is C21H25N7O. The van der Waals surface area contributed by atoms with E-state index in [4.69, 9.17) is 4.99 Å². The zero-order valence-electron chi connectivity index (χ0n) is 16.9. The Morgan fingerprint density at radius 2 is 2.03 bits per heavy atom. The first-order chi connectivity index (χ1) is 14.0. The van der Waals surface area contributed by atoms with Crippen molar-refractivity contribution in [2.75, 3.05) is 19.6 Å². The van der Waals surface area contributed by atoms with Crippen LogP contribution in [0.1, 0.15) is 30.0 Å². The number of urea groups is 1. The fourth-order valence-electron chi connectivity index (χ4n) is 4.19. The minimum atomic E-state index is -0.411. The summed E-state index contributed by atoms with van der Waals surface area (Å²) in [6, 6.07) is 6.36. The highest BCUT2D eigenvalue weighted by atomic mass is 16.2. The number of nitrogens with one attached hydrogen (secondary N) is 2. The molecule has 3 aliphatic heterocycles. The standard InChI is InChI=1S/C21H25N7O/c1-13-8-18-10-16(9-15(3)28(18)25-13)20-23-19-5-4-17(12-27(19)21(29)24-20)26-7-6-22-14(2)11-26/h4-5,8-10,12,14,20,22H,6-7,11H2,1-3H3,(H,24,29). The molecule has 1 fully saturated rings. The summed E-state index contributed by atoms with van der Waals surface area (Å²) in [6.45, 7) is 8.95. The van der Waals surface area contributed by atoms with Crippen molar-refractivity contribution in [3.63, 3.8) is 0 Å². The Labute approximate surface area is 169 Å². The number of nitrogens with zero attached hydrogens (tertiary/aromatic N) is 5. The molecule has 0 bridgehead atoms. The maximum absolute atomic E-state index is 12.9. The van der Waals surface area contributed by atoms with Gasteiger partial charge in [0.05, 0.1) is 16.9 Å². The third-order valence-corrected chi connectivity index (χ3v) is 5.58. The van der Waals surface area contributed by atoms with E-state index in [-0.39, 0.29) is 6.03 Å². The average Bonchev–Trinajstić information content (AvgIpc) is 3.08. The van der Waals surface area contributed by atoms with Crippen LogP contribution in [0.4, 0.5) is 4.79 Å². The van der Waals surface area contributed by atoms with Gasteiger partial charge in [0.2, 0.25) is 0 Å². The second-order valence-corrected chi connectivity index (χ2v) is 7.95. The lowest BCUT2D eigenvalue weighted by molar-refractivity contribution is 0.220. The summed E-state index contributed by atoms with van der Waals surface area (Å²) in [6.07, 6.45) is 5.46. The zero-order chi connectivity index (χ0) is 20.1. The van der Waals surface area contributed by atoms with Gasteiger partial charge in [0.1, 0.15) is 5.84 Å². The molecule has 2 amide bonds. The molecule has 29 heavy (non-hydrogen) atoms. The van der Waals surface area contributed by atoms with Gasteiger partial charge >= 0.3 is 6.03 Å². The average molecular weight is 391 g/mol. The lowest BCUT2D eigenvalue weighted by Gasteiger charge is -2.37.